The molecule has 2 atom stereocenters. The zero-order valence-electron chi connectivity index (χ0n) is 15.2. The Hall–Kier alpha value is -1.11. The Labute approximate surface area is 161 Å². The molecule has 1 saturated heterocycles. The fraction of sp³-hybridized carbons (Fsp3) is 0.632. The van der Waals surface area contributed by atoms with Crippen molar-refractivity contribution in [2.24, 2.45) is 0 Å². The van der Waals surface area contributed by atoms with Crippen LogP contribution in [-0.4, -0.2) is 49.4 Å². The molecule has 26 heavy (non-hydrogen) atoms. The van der Waals surface area contributed by atoms with Crippen LogP contribution in [0.25, 0.3) is 0 Å². The number of amides is 1. The number of sulfone groups is 1. The van der Waals surface area contributed by atoms with Crippen LogP contribution in [0.2, 0.25) is 5.02 Å². The molecule has 2 N–H and O–H groups in total. The number of hydrogen-bond donors (Lipinski definition) is 1. The zero-order chi connectivity index (χ0) is 18.7. The molecular formula is C19H28ClN2O3S+. The van der Waals surface area contributed by atoms with E-state index in [0.29, 0.717) is 18.0 Å². The van der Waals surface area contributed by atoms with E-state index in [4.69, 9.17) is 11.6 Å². The molecule has 0 aromatic heterocycles. The number of benzene rings is 1. The van der Waals surface area contributed by atoms with Crippen molar-refractivity contribution < 1.29 is 18.5 Å². The number of nitrogens with zero attached hydrogens (tertiary/aromatic N) is 1. The summed E-state index contributed by atoms with van der Waals surface area (Å²) in [5.41, 5.74) is 1.12. The molecule has 3 rings (SSSR count). The molecule has 1 amide bonds. The van der Waals surface area contributed by atoms with Crippen molar-refractivity contribution in [1.82, 2.24) is 4.90 Å². The van der Waals surface area contributed by atoms with Crippen LogP contribution in [-0.2, 0) is 14.6 Å². The van der Waals surface area contributed by atoms with E-state index in [1.165, 1.54) is 0 Å². The maximum Gasteiger partial charge on any atom is 0.278 e. The van der Waals surface area contributed by atoms with Crippen LogP contribution in [0.4, 0.5) is 0 Å². The van der Waals surface area contributed by atoms with Crippen LogP contribution >= 0.6 is 11.6 Å². The van der Waals surface area contributed by atoms with Gasteiger partial charge in [-0.05, 0) is 38.3 Å². The molecule has 1 aliphatic heterocycles. The molecule has 2 fully saturated rings. The maximum atomic E-state index is 13.0. The first-order chi connectivity index (χ1) is 12.4. The highest BCUT2D eigenvalue weighted by molar-refractivity contribution is 7.91. The topological polar surface area (TPSA) is 71.1 Å². The predicted molar refractivity (Wildman–Crippen MR) is 103 cm³/mol. The highest BCUT2D eigenvalue weighted by Gasteiger charge is 2.39. The summed E-state index contributed by atoms with van der Waals surface area (Å²) in [7, 11) is -3.00. The van der Waals surface area contributed by atoms with Crippen LogP contribution in [0.15, 0.2) is 24.3 Å². The summed E-state index contributed by atoms with van der Waals surface area (Å²) in [4.78, 5) is 14.9. The van der Waals surface area contributed by atoms with Gasteiger partial charge in [0.15, 0.2) is 16.4 Å². The molecule has 1 aliphatic carbocycles. The number of halogens is 1. The van der Waals surface area contributed by atoms with Gasteiger partial charge in [-0.3, -0.25) is 4.79 Å². The molecule has 1 aromatic carbocycles. The summed E-state index contributed by atoms with van der Waals surface area (Å²) in [6, 6.07) is 7.89. The van der Waals surface area contributed by atoms with Crippen molar-refractivity contribution in [2.45, 2.75) is 57.2 Å². The fourth-order valence-corrected chi connectivity index (χ4v) is 6.01. The van der Waals surface area contributed by atoms with Gasteiger partial charge in [0.25, 0.3) is 5.91 Å². The van der Waals surface area contributed by atoms with Crippen molar-refractivity contribution in [3.05, 3.63) is 34.9 Å². The molecule has 1 heterocycles. The quantitative estimate of drug-likeness (QED) is 0.794. The molecule has 0 spiro atoms. The zero-order valence-corrected chi connectivity index (χ0v) is 16.8. The molecular weight excluding hydrogens is 372 g/mol. The van der Waals surface area contributed by atoms with E-state index in [9.17, 15) is 13.2 Å². The third-order valence-corrected chi connectivity index (χ3v) is 7.65. The van der Waals surface area contributed by atoms with Crippen LogP contribution < -0.4 is 5.32 Å². The van der Waals surface area contributed by atoms with Gasteiger partial charge in [0.2, 0.25) is 0 Å². The Morgan fingerprint density at radius 1 is 1.19 bits per heavy atom. The average molecular weight is 400 g/mol. The van der Waals surface area contributed by atoms with E-state index in [0.717, 1.165) is 31.2 Å². The minimum atomic E-state index is -3.00. The third kappa shape index (κ3) is 4.78. The van der Waals surface area contributed by atoms with Crippen molar-refractivity contribution >= 4 is 27.3 Å². The van der Waals surface area contributed by atoms with E-state index in [1.807, 2.05) is 34.5 Å². The van der Waals surface area contributed by atoms with E-state index in [1.54, 1.807) is 0 Å². The standard InChI is InChI=1S/C19H27ClN2O3S/c1-14(15-6-8-16(20)9-7-15)21-12-19(23)22(17-4-2-3-5-17)18-10-11-26(24,25)13-18/h6-9,14,17-18,21H,2-5,10-13H2,1H3/p+1/t14-,18+/m0/s1. The first-order valence-electron chi connectivity index (χ1n) is 9.46. The van der Waals surface area contributed by atoms with Crippen molar-refractivity contribution in [1.29, 1.82) is 0 Å². The number of carbonyl (C=O) groups excluding carboxylic acids is 1. The summed E-state index contributed by atoms with van der Waals surface area (Å²) in [5.74, 6) is 0.404. The van der Waals surface area contributed by atoms with Crippen LogP contribution in [0.3, 0.4) is 0 Å². The lowest BCUT2D eigenvalue weighted by atomic mass is 10.1. The van der Waals surface area contributed by atoms with Gasteiger partial charge in [-0.2, -0.15) is 0 Å². The molecule has 0 radical (unpaired) electrons. The second-order valence-electron chi connectivity index (χ2n) is 7.58. The van der Waals surface area contributed by atoms with Crippen molar-refractivity contribution in [3.63, 3.8) is 0 Å². The lowest BCUT2D eigenvalue weighted by Gasteiger charge is -2.33. The first-order valence-corrected chi connectivity index (χ1v) is 11.7. The minimum Gasteiger partial charge on any atom is -0.333 e. The van der Waals surface area contributed by atoms with Crippen LogP contribution in [0.5, 0.6) is 0 Å². The van der Waals surface area contributed by atoms with Gasteiger partial charge in [0, 0.05) is 22.7 Å². The SMILES string of the molecule is C[C@H]([NH2+]CC(=O)N(C1CCCC1)[C@@H]1CCS(=O)(=O)C1)c1ccc(Cl)cc1. The Bertz CT molecular complexity index is 730. The molecule has 2 aliphatic rings. The summed E-state index contributed by atoms with van der Waals surface area (Å²) in [5, 5.41) is 2.73. The molecule has 1 saturated carbocycles. The molecule has 7 heteroatoms. The smallest absolute Gasteiger partial charge is 0.278 e. The molecule has 5 nitrogen and oxygen atoms in total. The fourth-order valence-electron chi connectivity index (χ4n) is 4.17. The predicted octanol–water partition coefficient (Wildman–Crippen LogP) is 1.92. The number of nitrogens with two attached hydrogens (primary N) is 1. The Kier molecular flexibility index (Phi) is 6.25. The van der Waals surface area contributed by atoms with Crippen LogP contribution in [0, 0.1) is 0 Å². The Balaban J connectivity index is 1.64. The van der Waals surface area contributed by atoms with Gasteiger partial charge in [-0.25, -0.2) is 8.42 Å². The third-order valence-electron chi connectivity index (χ3n) is 5.65. The molecule has 0 bridgehead atoms. The van der Waals surface area contributed by atoms with Crippen LogP contribution in [0.1, 0.15) is 50.6 Å². The minimum absolute atomic E-state index is 0.0693. The largest absolute Gasteiger partial charge is 0.333 e. The Morgan fingerprint density at radius 3 is 2.42 bits per heavy atom. The monoisotopic (exact) mass is 399 g/mol. The average Bonchev–Trinajstić information content (AvgIpc) is 3.24. The van der Waals surface area contributed by atoms with Gasteiger partial charge >= 0.3 is 0 Å². The summed E-state index contributed by atoms with van der Waals surface area (Å²) in [6.07, 6.45) is 4.82. The Morgan fingerprint density at radius 2 is 1.85 bits per heavy atom. The second kappa shape index (κ2) is 8.28. The van der Waals surface area contributed by atoms with Gasteiger partial charge in [-0.15, -0.1) is 0 Å². The number of carbonyl (C=O) groups is 1. The highest BCUT2D eigenvalue weighted by Crippen LogP contribution is 2.29. The summed E-state index contributed by atoms with van der Waals surface area (Å²) < 4.78 is 23.8. The number of rotatable bonds is 6. The summed E-state index contributed by atoms with van der Waals surface area (Å²) in [6.45, 7) is 2.41. The van der Waals surface area contributed by atoms with Gasteiger partial charge < -0.3 is 10.2 Å². The van der Waals surface area contributed by atoms with E-state index < -0.39 is 9.84 Å². The highest BCUT2D eigenvalue weighted by atomic mass is 35.5. The summed E-state index contributed by atoms with van der Waals surface area (Å²) >= 11 is 5.93. The molecule has 144 valence electrons. The van der Waals surface area contributed by atoms with E-state index in [2.05, 4.69) is 6.92 Å². The first kappa shape index (κ1) is 19.6. The van der Waals surface area contributed by atoms with Crippen molar-refractivity contribution in [2.75, 3.05) is 18.1 Å². The maximum absolute atomic E-state index is 13.0. The molecule has 1 aromatic rings. The van der Waals surface area contributed by atoms with Gasteiger partial charge in [0.05, 0.1) is 11.5 Å². The van der Waals surface area contributed by atoms with Gasteiger partial charge in [-0.1, -0.05) is 36.6 Å². The van der Waals surface area contributed by atoms with Gasteiger partial charge in [0.1, 0.15) is 6.04 Å². The molecule has 0 unspecified atom stereocenters. The lowest BCUT2D eigenvalue weighted by molar-refractivity contribution is -0.683. The number of quaternary nitrogens is 1. The second-order valence-corrected chi connectivity index (χ2v) is 10.2. The van der Waals surface area contributed by atoms with E-state index in [-0.39, 0.29) is 35.5 Å². The van der Waals surface area contributed by atoms with Crippen molar-refractivity contribution in [3.8, 4) is 0 Å². The normalized spacial score (nSPS) is 23.8. The number of hydrogen-bond acceptors (Lipinski definition) is 3. The van der Waals surface area contributed by atoms with E-state index >= 15 is 0 Å². The lowest BCUT2D eigenvalue weighted by Crippen LogP contribution is -2.87.